The molecule has 0 atom stereocenters. The van der Waals surface area contributed by atoms with Crippen LogP contribution in [0.4, 0.5) is 13.2 Å². The lowest BCUT2D eigenvalue weighted by Crippen LogP contribution is -2.53. The zero-order valence-corrected chi connectivity index (χ0v) is 13.2. The van der Waals surface area contributed by atoms with Crippen molar-refractivity contribution in [1.82, 2.24) is 15.1 Å². The van der Waals surface area contributed by atoms with Crippen LogP contribution in [0, 0.1) is 0 Å². The lowest BCUT2D eigenvalue weighted by molar-refractivity contribution is -0.148. The molecule has 0 unspecified atom stereocenters. The van der Waals surface area contributed by atoms with E-state index in [9.17, 15) is 13.2 Å². The summed E-state index contributed by atoms with van der Waals surface area (Å²) < 4.78 is 37.1. The Balaban J connectivity index is 1.74. The van der Waals surface area contributed by atoms with Crippen molar-refractivity contribution in [2.24, 2.45) is 0 Å². The standard InChI is InChI=1S/C15H28F3N3/c1-20(2)14(7-3-4-8-14)11-19-13-5-9-21(10-6-13)12-15(16,17)18/h13,19H,3-12H2,1-2H3. The maximum Gasteiger partial charge on any atom is 0.401 e. The van der Waals surface area contributed by atoms with E-state index < -0.39 is 12.7 Å². The quantitative estimate of drug-likeness (QED) is 0.842. The highest BCUT2D eigenvalue weighted by Gasteiger charge is 2.37. The zero-order valence-electron chi connectivity index (χ0n) is 13.2. The predicted octanol–water partition coefficient (Wildman–Crippen LogP) is 2.48. The number of likely N-dealkylation sites (N-methyl/N-ethyl adjacent to an activating group) is 1. The Morgan fingerprint density at radius 1 is 1.14 bits per heavy atom. The topological polar surface area (TPSA) is 18.5 Å². The van der Waals surface area contributed by atoms with Crippen molar-refractivity contribution in [1.29, 1.82) is 0 Å². The first-order chi connectivity index (χ1) is 9.81. The third-order valence-corrected chi connectivity index (χ3v) is 5.19. The van der Waals surface area contributed by atoms with Gasteiger partial charge in [0.05, 0.1) is 6.54 Å². The van der Waals surface area contributed by atoms with Crippen molar-refractivity contribution in [3.8, 4) is 0 Å². The van der Waals surface area contributed by atoms with Gasteiger partial charge in [0.15, 0.2) is 0 Å². The smallest absolute Gasteiger partial charge is 0.312 e. The van der Waals surface area contributed by atoms with Crippen LogP contribution in [0.15, 0.2) is 0 Å². The molecule has 0 aromatic rings. The highest BCUT2D eigenvalue weighted by molar-refractivity contribution is 4.95. The molecule has 1 saturated heterocycles. The fourth-order valence-electron chi connectivity index (χ4n) is 3.70. The summed E-state index contributed by atoms with van der Waals surface area (Å²) in [6.45, 7) is 1.30. The van der Waals surface area contributed by atoms with Gasteiger partial charge >= 0.3 is 6.18 Å². The van der Waals surface area contributed by atoms with Gasteiger partial charge < -0.3 is 10.2 Å². The molecule has 1 N–H and O–H groups in total. The van der Waals surface area contributed by atoms with Gasteiger partial charge in [-0.25, -0.2) is 0 Å². The Bertz CT molecular complexity index is 317. The van der Waals surface area contributed by atoms with E-state index in [1.54, 1.807) is 0 Å². The second-order valence-electron chi connectivity index (χ2n) is 6.87. The zero-order chi connectivity index (χ0) is 15.5. The second-order valence-corrected chi connectivity index (χ2v) is 6.87. The van der Waals surface area contributed by atoms with Gasteiger partial charge in [0.25, 0.3) is 0 Å². The first-order valence-electron chi connectivity index (χ1n) is 8.01. The number of hydrogen-bond acceptors (Lipinski definition) is 3. The summed E-state index contributed by atoms with van der Waals surface area (Å²) in [7, 11) is 4.28. The predicted molar refractivity (Wildman–Crippen MR) is 78.4 cm³/mol. The normalized spacial score (nSPS) is 24.9. The summed E-state index contributed by atoms with van der Waals surface area (Å²) >= 11 is 0. The number of rotatable bonds is 5. The van der Waals surface area contributed by atoms with E-state index in [2.05, 4.69) is 24.3 Å². The highest BCUT2D eigenvalue weighted by Crippen LogP contribution is 2.33. The summed E-state index contributed by atoms with van der Waals surface area (Å²) in [6, 6.07) is 0.368. The molecule has 2 rings (SSSR count). The van der Waals surface area contributed by atoms with Crippen molar-refractivity contribution in [3.05, 3.63) is 0 Å². The molecule has 0 bridgehead atoms. The molecule has 2 fully saturated rings. The number of nitrogens with one attached hydrogen (secondary N) is 1. The van der Waals surface area contributed by atoms with Gasteiger partial charge in [0.2, 0.25) is 0 Å². The molecule has 6 heteroatoms. The lowest BCUT2D eigenvalue weighted by atomic mass is 9.94. The van der Waals surface area contributed by atoms with Crippen LogP contribution in [-0.2, 0) is 0 Å². The summed E-state index contributed by atoms with van der Waals surface area (Å²) in [5.41, 5.74) is 0.253. The van der Waals surface area contributed by atoms with E-state index in [4.69, 9.17) is 0 Å². The summed E-state index contributed by atoms with van der Waals surface area (Å²) in [4.78, 5) is 3.85. The van der Waals surface area contributed by atoms with Gasteiger partial charge in [-0.1, -0.05) is 12.8 Å². The van der Waals surface area contributed by atoms with Crippen molar-refractivity contribution >= 4 is 0 Å². The van der Waals surface area contributed by atoms with E-state index in [0.29, 0.717) is 19.1 Å². The molecule has 1 aliphatic carbocycles. The van der Waals surface area contributed by atoms with Crippen molar-refractivity contribution < 1.29 is 13.2 Å². The number of alkyl halides is 3. The first-order valence-corrected chi connectivity index (χ1v) is 8.01. The monoisotopic (exact) mass is 307 g/mol. The molecule has 1 saturated carbocycles. The molecule has 124 valence electrons. The van der Waals surface area contributed by atoms with Crippen LogP contribution < -0.4 is 5.32 Å². The van der Waals surface area contributed by atoms with Crippen LogP contribution >= 0.6 is 0 Å². The van der Waals surface area contributed by atoms with Crippen LogP contribution in [0.25, 0.3) is 0 Å². The van der Waals surface area contributed by atoms with Crippen molar-refractivity contribution in [2.45, 2.75) is 56.3 Å². The van der Waals surface area contributed by atoms with Crippen LogP contribution in [0.1, 0.15) is 38.5 Å². The van der Waals surface area contributed by atoms with Gasteiger partial charge in [0, 0.05) is 18.1 Å². The van der Waals surface area contributed by atoms with E-state index in [1.807, 2.05) is 0 Å². The molecule has 1 aliphatic heterocycles. The Labute approximate surface area is 125 Å². The molecule has 0 radical (unpaired) electrons. The number of hydrogen-bond donors (Lipinski definition) is 1. The van der Waals surface area contributed by atoms with Gasteiger partial charge in [0.1, 0.15) is 0 Å². The molecule has 0 aromatic heterocycles. The molecule has 2 aliphatic rings. The number of nitrogens with zero attached hydrogens (tertiary/aromatic N) is 2. The van der Waals surface area contributed by atoms with Crippen LogP contribution in [-0.4, -0.2) is 67.8 Å². The van der Waals surface area contributed by atoms with Crippen molar-refractivity contribution in [3.63, 3.8) is 0 Å². The Morgan fingerprint density at radius 3 is 2.19 bits per heavy atom. The van der Waals surface area contributed by atoms with Gasteiger partial charge in [-0.2, -0.15) is 13.2 Å². The minimum Gasteiger partial charge on any atom is -0.312 e. The summed E-state index contributed by atoms with van der Waals surface area (Å²) in [6.07, 6.45) is 2.58. The summed E-state index contributed by atoms with van der Waals surface area (Å²) in [5.74, 6) is 0. The third-order valence-electron chi connectivity index (χ3n) is 5.19. The van der Waals surface area contributed by atoms with Gasteiger partial charge in [-0.3, -0.25) is 4.90 Å². The Kier molecular flexibility index (Phi) is 5.54. The van der Waals surface area contributed by atoms with E-state index in [-0.39, 0.29) is 5.54 Å². The van der Waals surface area contributed by atoms with Crippen LogP contribution in [0.2, 0.25) is 0 Å². The largest absolute Gasteiger partial charge is 0.401 e. The van der Waals surface area contributed by atoms with E-state index in [0.717, 1.165) is 19.4 Å². The molecule has 0 amide bonds. The fourth-order valence-corrected chi connectivity index (χ4v) is 3.70. The Hall–Kier alpha value is -0.330. The van der Waals surface area contributed by atoms with Gasteiger partial charge in [-0.15, -0.1) is 0 Å². The molecule has 21 heavy (non-hydrogen) atoms. The maximum atomic E-state index is 12.4. The second kappa shape index (κ2) is 6.84. The van der Waals surface area contributed by atoms with E-state index >= 15 is 0 Å². The third kappa shape index (κ3) is 4.83. The molecule has 3 nitrogen and oxygen atoms in total. The molecular formula is C15H28F3N3. The fraction of sp³-hybridized carbons (Fsp3) is 1.00. The molecule has 0 aromatic carbocycles. The summed E-state index contributed by atoms with van der Waals surface area (Å²) in [5, 5.41) is 3.62. The maximum absolute atomic E-state index is 12.4. The first kappa shape index (κ1) is 17.0. The average Bonchev–Trinajstić information content (AvgIpc) is 2.86. The van der Waals surface area contributed by atoms with Crippen LogP contribution in [0.5, 0.6) is 0 Å². The van der Waals surface area contributed by atoms with Crippen molar-refractivity contribution in [2.75, 3.05) is 40.3 Å². The lowest BCUT2D eigenvalue weighted by Gasteiger charge is -2.39. The molecule has 1 heterocycles. The number of likely N-dealkylation sites (tertiary alicyclic amines) is 1. The van der Waals surface area contributed by atoms with Crippen LogP contribution in [0.3, 0.4) is 0 Å². The molecule has 0 spiro atoms. The number of halogens is 3. The minimum absolute atomic E-state index is 0.253. The Morgan fingerprint density at radius 2 is 1.71 bits per heavy atom. The minimum atomic E-state index is -4.07. The number of piperidine rings is 1. The average molecular weight is 307 g/mol. The molecular weight excluding hydrogens is 279 g/mol. The SMILES string of the molecule is CN(C)C1(CNC2CCN(CC(F)(F)F)CC2)CCCC1. The van der Waals surface area contributed by atoms with E-state index in [1.165, 1.54) is 30.6 Å². The van der Waals surface area contributed by atoms with Gasteiger partial charge in [-0.05, 0) is 52.9 Å². The highest BCUT2D eigenvalue weighted by atomic mass is 19.4.